The average molecular weight is 1390 g/mol. The molecule has 5 aliphatic heterocycles. The number of phenols is 2. The molecule has 5 heterocycles. The Morgan fingerprint density at radius 2 is 1.35 bits per heavy atom. The van der Waals surface area contributed by atoms with Crippen LogP contribution in [0.2, 0.25) is 0 Å². The Morgan fingerprint density at radius 3 is 2.08 bits per heavy atom. The van der Waals surface area contributed by atoms with E-state index in [1.807, 2.05) is 65.3 Å². The fourth-order valence-corrected chi connectivity index (χ4v) is 15.5. The number of nitrogens with one attached hydrogen (secondary N) is 3. The molecule has 5 fully saturated rings. The SMILES string of the molecule is COc1cccc2c1C(=O)c1c(O)c3c(c(O)c1C2=O)CC(O)(C(=O)NCCNC(=O)CCOCCOCCOCCOCCC(=O)N1CCC2(CCC(C(=O)NCCC(=O)N4Cc5ccccc5/C=C\c5ccccc54)CC2)CC1)CC3OC1CC2C(OC3C(OC)OCCN23)C(C)O1. The lowest BCUT2D eigenvalue weighted by atomic mass is 9.65. The van der Waals surface area contributed by atoms with Crippen molar-refractivity contribution in [2.24, 2.45) is 11.3 Å². The van der Waals surface area contributed by atoms with Crippen molar-refractivity contribution in [1.29, 1.82) is 0 Å². The largest absolute Gasteiger partial charge is 0.507 e. The lowest BCUT2D eigenvalue weighted by Gasteiger charge is -2.45. The number of likely N-dealkylation sites (tertiary alicyclic amines) is 1. The number of morpholine rings is 1. The number of benzene rings is 4. The van der Waals surface area contributed by atoms with Gasteiger partial charge in [-0.25, -0.2) is 0 Å². The summed E-state index contributed by atoms with van der Waals surface area (Å²) in [4.78, 5) is 101. The molecule has 12 rings (SSSR count). The summed E-state index contributed by atoms with van der Waals surface area (Å²) in [6.45, 7) is 6.95. The first kappa shape index (κ1) is 72.1. The van der Waals surface area contributed by atoms with Crippen molar-refractivity contribution in [3.63, 3.8) is 0 Å². The molecule has 100 heavy (non-hydrogen) atoms. The summed E-state index contributed by atoms with van der Waals surface area (Å²) >= 11 is 0. The second kappa shape index (κ2) is 32.5. The zero-order valence-electron chi connectivity index (χ0n) is 57.0. The van der Waals surface area contributed by atoms with Crippen LogP contribution in [0.3, 0.4) is 0 Å². The number of carbonyl (C=O) groups is 7. The minimum Gasteiger partial charge on any atom is -0.507 e. The fourth-order valence-electron chi connectivity index (χ4n) is 15.5. The molecule has 4 aromatic rings. The van der Waals surface area contributed by atoms with E-state index in [1.54, 1.807) is 0 Å². The molecule has 8 aliphatic rings. The van der Waals surface area contributed by atoms with Crippen LogP contribution in [0.1, 0.15) is 143 Å². The molecule has 8 unspecified atom stereocenters. The monoisotopic (exact) mass is 1380 g/mol. The molecule has 4 saturated heterocycles. The van der Waals surface area contributed by atoms with E-state index in [2.05, 4.69) is 33.0 Å². The Morgan fingerprint density at radius 1 is 0.680 bits per heavy atom. The summed E-state index contributed by atoms with van der Waals surface area (Å²) in [5.41, 5.74) is 0.463. The predicted octanol–water partition coefficient (Wildman–Crippen LogP) is 5.25. The molecule has 0 aromatic heterocycles. The number of amides is 5. The lowest BCUT2D eigenvalue weighted by molar-refractivity contribution is -0.256. The van der Waals surface area contributed by atoms with Gasteiger partial charge in [0.05, 0.1) is 114 Å². The van der Waals surface area contributed by atoms with Crippen molar-refractivity contribution in [2.45, 2.75) is 139 Å². The first-order valence-corrected chi connectivity index (χ1v) is 35.0. The minimum absolute atomic E-state index is 0.0118. The third kappa shape index (κ3) is 15.8. The standard InChI is InChI=1S/C74H92N6O20/c1-45-68-53(79-31-34-97-71(92-3)70(79)100-68)41-59(98-45)99-55-43-74(90,42-51-61(55)67(87)63-62(65(51)85)64(84)50-12-8-14-54(91-2)60(50)66(63)86)72(89)77-28-27-75-56(81)20-32-93-35-37-95-39-40-96-38-36-94-33-21-57(82)78-29-24-73(25-30-78)22-17-48(18-23-73)69(88)76-26-19-58(83)80-44-49-11-5-4-9-46(49)15-16-47-10-6-7-13-52(47)80/h4-16,45,48,53,55,59,68,70-71,85,87,90H,17-44H2,1-3H3,(H,75,81)(H,76,88)(H,77,89)/b16-15-. The van der Waals surface area contributed by atoms with Crippen LogP contribution < -0.4 is 25.6 Å². The highest BCUT2D eigenvalue weighted by atomic mass is 16.7. The van der Waals surface area contributed by atoms with Crippen LogP contribution in [0.5, 0.6) is 17.2 Å². The third-order valence-electron chi connectivity index (χ3n) is 21.0. The third-order valence-corrected chi connectivity index (χ3v) is 21.0. The molecular formula is C74H92N6O20. The molecule has 0 radical (unpaired) electrons. The molecule has 6 N–H and O–H groups in total. The number of carbonyl (C=O) groups excluding carboxylic acids is 7. The quantitative estimate of drug-likeness (QED) is 0.0289. The van der Waals surface area contributed by atoms with Gasteiger partial charge in [0, 0.05) is 107 Å². The van der Waals surface area contributed by atoms with E-state index in [0.717, 1.165) is 60.9 Å². The number of piperidine rings is 1. The van der Waals surface area contributed by atoms with Gasteiger partial charge in [0.2, 0.25) is 29.4 Å². The number of hydrogen-bond acceptors (Lipinski definition) is 21. The van der Waals surface area contributed by atoms with Crippen LogP contribution in [-0.2, 0) is 79.6 Å². The number of nitrogens with zero attached hydrogens (tertiary/aromatic N) is 3. The van der Waals surface area contributed by atoms with Crippen LogP contribution in [0.25, 0.3) is 12.2 Å². The van der Waals surface area contributed by atoms with Gasteiger partial charge in [-0.1, -0.05) is 66.7 Å². The number of methoxy groups -OCH3 is 2. The molecule has 1 spiro atoms. The van der Waals surface area contributed by atoms with Crippen molar-refractivity contribution in [3.8, 4) is 17.2 Å². The van der Waals surface area contributed by atoms with Crippen molar-refractivity contribution in [2.75, 3.05) is 118 Å². The van der Waals surface area contributed by atoms with E-state index >= 15 is 0 Å². The second-order valence-electron chi connectivity index (χ2n) is 27.0. The van der Waals surface area contributed by atoms with E-state index in [-0.39, 0.29) is 140 Å². The van der Waals surface area contributed by atoms with Crippen LogP contribution in [0.15, 0.2) is 66.7 Å². The average Bonchev–Trinajstić information content (AvgIpc) is 0.783. The first-order chi connectivity index (χ1) is 48.5. The molecule has 8 atom stereocenters. The number of fused-ring (bicyclic) bond motifs is 8. The molecule has 1 saturated carbocycles. The summed E-state index contributed by atoms with van der Waals surface area (Å²) in [6.07, 6.45) is 4.71. The van der Waals surface area contributed by atoms with Gasteiger partial charge in [0.15, 0.2) is 24.6 Å². The van der Waals surface area contributed by atoms with Gasteiger partial charge < -0.3 is 88.4 Å². The number of ether oxygens (including phenoxy) is 10. The highest BCUT2D eigenvalue weighted by molar-refractivity contribution is 6.31. The van der Waals surface area contributed by atoms with Crippen LogP contribution in [0.4, 0.5) is 5.69 Å². The van der Waals surface area contributed by atoms with E-state index in [0.29, 0.717) is 65.8 Å². The number of aromatic hydroxyl groups is 2. The number of phenolic OH excluding ortho intramolecular Hbond substituents is 2. The van der Waals surface area contributed by atoms with Crippen LogP contribution >= 0.6 is 0 Å². The van der Waals surface area contributed by atoms with Crippen molar-refractivity contribution >= 4 is 58.9 Å². The molecular weight excluding hydrogens is 1290 g/mol. The Balaban J connectivity index is 0.502. The number of ketones is 2. The maximum atomic E-state index is 14.3. The fraction of sp³-hybridized carbons (Fsp3) is 0.554. The van der Waals surface area contributed by atoms with Crippen LogP contribution in [0, 0.1) is 11.3 Å². The number of aliphatic hydroxyl groups is 1. The Kier molecular flexibility index (Phi) is 23.4. The topological polar surface area (TPSA) is 318 Å². The van der Waals surface area contributed by atoms with Gasteiger partial charge in [-0.05, 0) is 79.7 Å². The normalized spacial score (nSPS) is 24.8. The van der Waals surface area contributed by atoms with E-state index in [1.165, 1.54) is 32.4 Å². The highest BCUT2D eigenvalue weighted by Crippen LogP contribution is 2.53. The summed E-state index contributed by atoms with van der Waals surface area (Å²) in [5.74, 6) is -4.07. The number of hydrogen-bond donors (Lipinski definition) is 6. The Hall–Kier alpha value is -7.73. The zero-order valence-corrected chi connectivity index (χ0v) is 57.0. The van der Waals surface area contributed by atoms with Gasteiger partial charge in [-0.15, -0.1) is 0 Å². The Labute approximate surface area is 581 Å². The van der Waals surface area contributed by atoms with Gasteiger partial charge in [0.25, 0.3) is 5.91 Å². The summed E-state index contributed by atoms with van der Waals surface area (Å²) in [7, 11) is 2.87. The lowest BCUT2D eigenvalue weighted by Crippen LogP contribution is -2.55. The molecule has 4 aromatic carbocycles. The summed E-state index contributed by atoms with van der Waals surface area (Å²) in [5, 5.41) is 45.0. The predicted molar refractivity (Wildman–Crippen MR) is 361 cm³/mol. The molecule has 0 bridgehead atoms. The Bertz CT molecular complexity index is 3680. The maximum absolute atomic E-state index is 14.3. The number of anilines is 1. The van der Waals surface area contributed by atoms with Crippen LogP contribution in [-0.4, -0.2) is 222 Å². The zero-order chi connectivity index (χ0) is 70.1. The summed E-state index contributed by atoms with van der Waals surface area (Å²) in [6, 6.07) is 20.2. The maximum Gasteiger partial charge on any atom is 0.252 e. The molecule has 3 aliphatic carbocycles. The second-order valence-corrected chi connectivity index (χ2v) is 27.0. The van der Waals surface area contributed by atoms with Crippen molar-refractivity contribution in [1.82, 2.24) is 25.8 Å². The van der Waals surface area contributed by atoms with E-state index in [9.17, 15) is 48.9 Å². The van der Waals surface area contributed by atoms with Gasteiger partial charge in [-0.3, -0.25) is 38.5 Å². The smallest absolute Gasteiger partial charge is 0.252 e. The molecule has 5 amide bonds. The number of rotatable bonds is 27. The number of para-hydroxylation sites is 1. The molecule has 26 heteroatoms. The molecule has 538 valence electrons. The van der Waals surface area contributed by atoms with Gasteiger partial charge in [0.1, 0.15) is 29.0 Å². The van der Waals surface area contributed by atoms with Crippen molar-refractivity contribution in [3.05, 3.63) is 117 Å². The minimum atomic E-state index is -2.30. The van der Waals surface area contributed by atoms with Gasteiger partial charge in [-0.2, -0.15) is 0 Å². The summed E-state index contributed by atoms with van der Waals surface area (Å²) < 4.78 is 58.6. The first-order valence-electron chi connectivity index (χ1n) is 35.0. The highest BCUT2D eigenvalue weighted by Gasteiger charge is 2.56. The van der Waals surface area contributed by atoms with Crippen molar-refractivity contribution < 1.29 is 96.2 Å². The van der Waals surface area contributed by atoms with Gasteiger partial charge >= 0.3 is 0 Å². The van der Waals surface area contributed by atoms with E-state index in [4.69, 9.17) is 47.4 Å². The van der Waals surface area contributed by atoms with E-state index < -0.39 is 89.6 Å². The molecule has 26 nitrogen and oxygen atoms in total.